The number of carbonyl (C=O) groups excluding carboxylic acids is 2. The van der Waals surface area contributed by atoms with Crippen LogP contribution in [0.2, 0.25) is 0 Å². The molecule has 2 aromatic carbocycles. The van der Waals surface area contributed by atoms with Crippen molar-refractivity contribution in [2.24, 2.45) is 5.92 Å². The Bertz CT molecular complexity index is 1320. The molecule has 1 saturated carbocycles. The molecule has 1 saturated heterocycles. The smallest absolute Gasteiger partial charge is 0.243 e. The predicted octanol–water partition coefficient (Wildman–Crippen LogP) is 4.98. The molecule has 210 valence electrons. The van der Waals surface area contributed by atoms with Gasteiger partial charge < -0.3 is 20.9 Å². The number of hydrogen-bond acceptors (Lipinski definition) is 6. The Kier molecular flexibility index (Phi) is 8.77. The molecule has 1 aliphatic carbocycles. The molecule has 2 amide bonds. The highest BCUT2D eigenvalue weighted by Crippen LogP contribution is 2.30. The lowest BCUT2D eigenvalue weighted by Gasteiger charge is -2.39. The van der Waals surface area contributed by atoms with Gasteiger partial charge in [-0.3, -0.25) is 14.5 Å². The quantitative estimate of drug-likeness (QED) is 0.336. The zero-order valence-electron chi connectivity index (χ0n) is 23.7. The maximum atomic E-state index is 12.6. The van der Waals surface area contributed by atoms with Crippen LogP contribution in [0.25, 0.3) is 11.1 Å². The summed E-state index contributed by atoms with van der Waals surface area (Å²) < 4.78 is 0. The van der Waals surface area contributed by atoms with Crippen LogP contribution in [0.1, 0.15) is 37.8 Å². The fourth-order valence-electron chi connectivity index (χ4n) is 5.14. The molecule has 8 nitrogen and oxygen atoms in total. The van der Waals surface area contributed by atoms with Crippen LogP contribution in [-0.4, -0.2) is 65.4 Å². The van der Waals surface area contributed by atoms with Gasteiger partial charge in [0.15, 0.2) is 0 Å². The Balaban J connectivity index is 1.09. The first-order valence-corrected chi connectivity index (χ1v) is 14.3. The van der Waals surface area contributed by atoms with Crippen LogP contribution in [0, 0.1) is 12.8 Å². The van der Waals surface area contributed by atoms with E-state index in [1.54, 1.807) is 6.20 Å². The number of likely N-dealkylation sites (N-methyl/N-ethyl adjacent to an activating group) is 1. The first-order chi connectivity index (χ1) is 19.4. The van der Waals surface area contributed by atoms with Gasteiger partial charge in [-0.05, 0) is 86.3 Å². The summed E-state index contributed by atoms with van der Waals surface area (Å²) in [5.74, 6) is 0.695. The van der Waals surface area contributed by atoms with E-state index >= 15 is 0 Å². The number of hydrogen-bond donors (Lipinski definition) is 3. The summed E-state index contributed by atoms with van der Waals surface area (Å²) in [5.41, 5.74) is 6.16. The zero-order chi connectivity index (χ0) is 28.1. The van der Waals surface area contributed by atoms with Gasteiger partial charge in [-0.15, -0.1) is 0 Å². The monoisotopic (exact) mass is 540 g/mol. The second-order valence-electron chi connectivity index (χ2n) is 11.0. The average molecular weight is 541 g/mol. The van der Waals surface area contributed by atoms with E-state index in [2.05, 4.69) is 63.6 Å². The van der Waals surface area contributed by atoms with Crippen LogP contribution in [0.4, 0.5) is 17.2 Å². The van der Waals surface area contributed by atoms with Gasteiger partial charge in [0.25, 0.3) is 0 Å². The topological polar surface area (TPSA) is 89.6 Å². The van der Waals surface area contributed by atoms with Crippen LogP contribution in [0.3, 0.4) is 0 Å². The molecule has 2 fully saturated rings. The van der Waals surface area contributed by atoms with Gasteiger partial charge in [0, 0.05) is 61.3 Å². The molecule has 40 heavy (non-hydrogen) atoms. The molecule has 1 aliphatic heterocycles. The molecular formula is C32H40N6O2. The van der Waals surface area contributed by atoms with Crippen LogP contribution in [0.5, 0.6) is 0 Å². The number of pyridine rings is 1. The molecule has 3 N–H and O–H groups in total. The number of aromatic nitrogens is 1. The lowest BCUT2D eigenvalue weighted by atomic mass is 10.1. The Morgan fingerprint density at radius 2 is 1.70 bits per heavy atom. The number of benzene rings is 2. The molecule has 0 spiro atoms. The van der Waals surface area contributed by atoms with Crippen molar-refractivity contribution in [3.63, 3.8) is 0 Å². The normalized spacial score (nSPS) is 17.8. The Labute approximate surface area is 237 Å². The largest absolute Gasteiger partial charge is 0.376 e. The van der Waals surface area contributed by atoms with Crippen LogP contribution in [-0.2, 0) is 16.1 Å². The summed E-state index contributed by atoms with van der Waals surface area (Å²) in [6.45, 7) is 12.2. The van der Waals surface area contributed by atoms with Crippen LogP contribution < -0.4 is 16.0 Å². The van der Waals surface area contributed by atoms with Crippen molar-refractivity contribution < 1.29 is 9.59 Å². The van der Waals surface area contributed by atoms with Crippen molar-refractivity contribution in [2.45, 2.75) is 46.2 Å². The molecule has 0 radical (unpaired) electrons. The summed E-state index contributed by atoms with van der Waals surface area (Å²) in [7, 11) is 0. The second-order valence-corrected chi connectivity index (χ2v) is 11.0. The molecule has 1 atom stereocenters. The lowest BCUT2D eigenvalue weighted by Crippen LogP contribution is -2.51. The van der Waals surface area contributed by atoms with Gasteiger partial charge in [0.2, 0.25) is 11.8 Å². The number of amides is 2. The van der Waals surface area contributed by atoms with Gasteiger partial charge >= 0.3 is 0 Å². The van der Waals surface area contributed by atoms with Crippen molar-refractivity contribution >= 4 is 29.0 Å². The maximum Gasteiger partial charge on any atom is 0.243 e. The van der Waals surface area contributed by atoms with Crippen molar-refractivity contribution in [1.29, 1.82) is 0 Å². The van der Waals surface area contributed by atoms with E-state index in [1.807, 2.05) is 42.5 Å². The average Bonchev–Trinajstić information content (AvgIpc) is 3.81. The zero-order valence-corrected chi connectivity index (χ0v) is 23.7. The Morgan fingerprint density at radius 1 is 0.950 bits per heavy atom. The Hall–Kier alpha value is -3.75. The van der Waals surface area contributed by atoms with E-state index in [0.29, 0.717) is 11.9 Å². The van der Waals surface area contributed by atoms with E-state index < -0.39 is 0 Å². The molecule has 8 heteroatoms. The molecule has 1 unspecified atom stereocenters. The van der Waals surface area contributed by atoms with Crippen LogP contribution >= 0.6 is 0 Å². The number of carbonyl (C=O) groups is 2. The van der Waals surface area contributed by atoms with Crippen molar-refractivity contribution in [1.82, 2.24) is 14.8 Å². The standard InChI is InChI=1S/C32H40N6O2/c1-4-37-15-16-38(23(3)20-37)21-27-9-13-29(17-22(27)2)35-31(39)19-33-28-11-7-24(8-12-28)26-10-14-30(34-18-26)36-32(40)25-5-6-25/h7-14,17-18,23,25,33H,4-6,15-16,19-21H2,1-3H3,(H,35,39)(H,34,36,40). The fraction of sp³-hybridized carbons (Fsp3) is 0.406. The minimum absolute atomic E-state index is 0.0538. The molecular weight excluding hydrogens is 500 g/mol. The van der Waals surface area contributed by atoms with Crippen LogP contribution in [0.15, 0.2) is 60.8 Å². The third-order valence-electron chi connectivity index (χ3n) is 7.93. The first-order valence-electron chi connectivity index (χ1n) is 14.3. The van der Waals surface area contributed by atoms with Gasteiger partial charge in [0.05, 0.1) is 6.54 Å². The summed E-state index contributed by atoms with van der Waals surface area (Å²) in [6.07, 6.45) is 3.70. The summed E-state index contributed by atoms with van der Waals surface area (Å²) in [4.78, 5) is 34.0. The minimum atomic E-state index is -0.0893. The molecule has 5 rings (SSSR count). The highest BCUT2D eigenvalue weighted by molar-refractivity contribution is 5.94. The van der Waals surface area contributed by atoms with Crippen molar-refractivity contribution in [3.05, 3.63) is 71.9 Å². The molecule has 2 heterocycles. The highest BCUT2D eigenvalue weighted by Gasteiger charge is 2.29. The molecule has 3 aromatic rings. The van der Waals surface area contributed by atoms with Gasteiger partial charge in [-0.1, -0.05) is 25.1 Å². The van der Waals surface area contributed by atoms with E-state index in [9.17, 15) is 9.59 Å². The molecule has 2 aliphatic rings. The summed E-state index contributed by atoms with van der Waals surface area (Å²) in [6, 6.07) is 18.4. The number of aryl methyl sites for hydroxylation is 1. The number of nitrogens with zero attached hydrogens (tertiary/aromatic N) is 3. The number of anilines is 3. The lowest BCUT2D eigenvalue weighted by molar-refractivity contribution is -0.117. The fourth-order valence-corrected chi connectivity index (χ4v) is 5.14. The minimum Gasteiger partial charge on any atom is -0.376 e. The number of rotatable bonds is 10. The first kappa shape index (κ1) is 27.8. The third kappa shape index (κ3) is 7.25. The second kappa shape index (κ2) is 12.6. The molecule has 1 aromatic heterocycles. The van der Waals surface area contributed by atoms with E-state index in [4.69, 9.17) is 0 Å². The Morgan fingerprint density at radius 3 is 2.35 bits per heavy atom. The highest BCUT2D eigenvalue weighted by atomic mass is 16.2. The van der Waals surface area contributed by atoms with Gasteiger partial charge in [-0.25, -0.2) is 4.98 Å². The SMILES string of the molecule is CCN1CCN(Cc2ccc(NC(=O)CNc3ccc(-c4ccc(NC(=O)C5CC5)nc4)cc3)cc2C)C(C)C1. The predicted molar refractivity (Wildman–Crippen MR) is 161 cm³/mol. The van der Waals surface area contributed by atoms with E-state index in [0.717, 1.165) is 68.1 Å². The van der Waals surface area contributed by atoms with Gasteiger partial charge in [0.1, 0.15) is 5.82 Å². The van der Waals surface area contributed by atoms with Crippen molar-refractivity contribution in [3.8, 4) is 11.1 Å². The number of piperazine rings is 1. The van der Waals surface area contributed by atoms with E-state index in [1.165, 1.54) is 11.1 Å². The summed E-state index contributed by atoms with van der Waals surface area (Å²) in [5, 5.41) is 9.07. The summed E-state index contributed by atoms with van der Waals surface area (Å²) >= 11 is 0. The number of nitrogens with one attached hydrogen (secondary N) is 3. The maximum absolute atomic E-state index is 12.6. The molecule has 0 bridgehead atoms. The third-order valence-corrected chi connectivity index (χ3v) is 7.93. The van der Waals surface area contributed by atoms with E-state index in [-0.39, 0.29) is 24.3 Å². The van der Waals surface area contributed by atoms with Crippen molar-refractivity contribution in [2.75, 3.05) is 48.7 Å². The van der Waals surface area contributed by atoms with Gasteiger partial charge in [-0.2, -0.15) is 0 Å².